The maximum Gasteiger partial charge on any atom is 0.135 e. The van der Waals surface area contributed by atoms with Crippen LogP contribution in [0.5, 0.6) is 0 Å². The number of aryl methyl sites for hydroxylation is 1. The molecule has 5 heteroatoms. The Morgan fingerprint density at radius 1 is 1.29 bits per heavy atom. The Morgan fingerprint density at radius 3 is 2.67 bits per heavy atom. The zero-order valence-corrected chi connectivity index (χ0v) is 13.4. The van der Waals surface area contributed by atoms with Crippen LogP contribution in [-0.4, -0.2) is 9.97 Å². The molecule has 1 atom stereocenters. The van der Waals surface area contributed by atoms with Crippen molar-refractivity contribution in [2.24, 2.45) is 0 Å². The number of halogens is 1. The molecular formula is C16H21ClN4. The Kier molecular flexibility index (Phi) is 5.02. The van der Waals surface area contributed by atoms with Gasteiger partial charge in [0.15, 0.2) is 0 Å². The molecule has 1 aromatic carbocycles. The number of anilines is 2. The summed E-state index contributed by atoms with van der Waals surface area (Å²) in [6.07, 6.45) is 1.81. The van der Waals surface area contributed by atoms with Crippen LogP contribution >= 0.6 is 11.6 Å². The molecule has 1 unspecified atom stereocenters. The third kappa shape index (κ3) is 3.64. The summed E-state index contributed by atoms with van der Waals surface area (Å²) in [5.74, 6) is 2.08. The Morgan fingerprint density at radius 2 is 2.00 bits per heavy atom. The number of hydrogen-bond donors (Lipinski definition) is 2. The minimum absolute atomic E-state index is 0.0428. The summed E-state index contributed by atoms with van der Waals surface area (Å²) in [5.41, 5.74) is 7.88. The SMILES string of the molecule is CCCc1nc(N)c(C)c(NC(C)c2ccccc2Cl)n1. The topological polar surface area (TPSA) is 63.8 Å². The summed E-state index contributed by atoms with van der Waals surface area (Å²) in [6, 6.07) is 7.83. The predicted molar refractivity (Wildman–Crippen MR) is 88.7 cm³/mol. The van der Waals surface area contributed by atoms with Crippen LogP contribution in [0, 0.1) is 6.92 Å². The van der Waals surface area contributed by atoms with Crippen LogP contribution in [0.4, 0.5) is 11.6 Å². The summed E-state index contributed by atoms with van der Waals surface area (Å²) in [6.45, 7) is 6.07. The van der Waals surface area contributed by atoms with Gasteiger partial charge in [-0.1, -0.05) is 36.7 Å². The molecule has 3 N–H and O–H groups in total. The highest BCUT2D eigenvalue weighted by atomic mass is 35.5. The van der Waals surface area contributed by atoms with Gasteiger partial charge in [-0.25, -0.2) is 9.97 Å². The van der Waals surface area contributed by atoms with Gasteiger partial charge in [-0.05, 0) is 31.9 Å². The maximum absolute atomic E-state index is 6.24. The molecule has 0 saturated heterocycles. The van der Waals surface area contributed by atoms with Crippen molar-refractivity contribution < 1.29 is 0 Å². The monoisotopic (exact) mass is 304 g/mol. The highest BCUT2D eigenvalue weighted by Crippen LogP contribution is 2.27. The molecule has 0 radical (unpaired) electrons. The van der Waals surface area contributed by atoms with Crippen LogP contribution in [0.2, 0.25) is 5.02 Å². The Hall–Kier alpha value is -1.81. The van der Waals surface area contributed by atoms with E-state index in [0.29, 0.717) is 5.82 Å². The van der Waals surface area contributed by atoms with Crippen LogP contribution < -0.4 is 11.1 Å². The van der Waals surface area contributed by atoms with Gasteiger partial charge < -0.3 is 11.1 Å². The van der Waals surface area contributed by atoms with Gasteiger partial charge in [-0.15, -0.1) is 0 Å². The number of rotatable bonds is 5. The molecule has 0 aliphatic rings. The van der Waals surface area contributed by atoms with E-state index in [9.17, 15) is 0 Å². The lowest BCUT2D eigenvalue weighted by Gasteiger charge is -2.18. The maximum atomic E-state index is 6.24. The lowest BCUT2D eigenvalue weighted by atomic mass is 10.1. The summed E-state index contributed by atoms with van der Waals surface area (Å²) in [5, 5.41) is 4.13. The predicted octanol–water partition coefficient (Wildman–Crippen LogP) is 4.15. The van der Waals surface area contributed by atoms with Crippen molar-refractivity contribution in [3.8, 4) is 0 Å². The lowest BCUT2D eigenvalue weighted by Crippen LogP contribution is -2.13. The van der Waals surface area contributed by atoms with Crippen LogP contribution in [0.1, 0.15) is 43.3 Å². The molecule has 0 aliphatic heterocycles. The van der Waals surface area contributed by atoms with Gasteiger partial charge in [-0.2, -0.15) is 0 Å². The number of nitrogens with zero attached hydrogens (tertiary/aromatic N) is 2. The third-order valence-electron chi connectivity index (χ3n) is 3.43. The Labute approximate surface area is 130 Å². The van der Waals surface area contributed by atoms with Crippen molar-refractivity contribution >= 4 is 23.2 Å². The fourth-order valence-corrected chi connectivity index (χ4v) is 2.47. The van der Waals surface area contributed by atoms with Gasteiger partial charge >= 0.3 is 0 Å². The second kappa shape index (κ2) is 6.76. The molecule has 112 valence electrons. The smallest absolute Gasteiger partial charge is 0.135 e. The van der Waals surface area contributed by atoms with Gasteiger partial charge in [0.1, 0.15) is 17.5 Å². The van der Waals surface area contributed by atoms with E-state index in [1.807, 2.05) is 31.2 Å². The molecule has 1 heterocycles. The largest absolute Gasteiger partial charge is 0.383 e. The Balaban J connectivity index is 2.28. The molecule has 1 aromatic heterocycles. The van der Waals surface area contributed by atoms with Crippen LogP contribution in [0.25, 0.3) is 0 Å². The second-order valence-corrected chi connectivity index (χ2v) is 5.54. The molecule has 2 rings (SSSR count). The fraction of sp³-hybridized carbons (Fsp3) is 0.375. The number of hydrogen-bond acceptors (Lipinski definition) is 4. The summed E-state index contributed by atoms with van der Waals surface area (Å²) in [4.78, 5) is 8.89. The van der Waals surface area contributed by atoms with Gasteiger partial charge in [0.25, 0.3) is 0 Å². The van der Waals surface area contributed by atoms with Crippen molar-refractivity contribution in [1.29, 1.82) is 0 Å². The van der Waals surface area contributed by atoms with Gasteiger partial charge in [0.2, 0.25) is 0 Å². The van der Waals surface area contributed by atoms with Crippen molar-refractivity contribution in [3.05, 3.63) is 46.2 Å². The van der Waals surface area contributed by atoms with Gasteiger partial charge in [0, 0.05) is 17.0 Å². The van der Waals surface area contributed by atoms with Crippen molar-refractivity contribution in [1.82, 2.24) is 9.97 Å². The first-order valence-corrected chi connectivity index (χ1v) is 7.54. The average Bonchev–Trinajstić information content (AvgIpc) is 2.45. The van der Waals surface area contributed by atoms with Crippen molar-refractivity contribution in [2.75, 3.05) is 11.1 Å². The van der Waals surface area contributed by atoms with E-state index in [1.54, 1.807) is 0 Å². The van der Waals surface area contributed by atoms with E-state index >= 15 is 0 Å². The Bertz CT molecular complexity index is 628. The first-order valence-electron chi connectivity index (χ1n) is 7.16. The molecule has 0 spiro atoms. The van der Waals surface area contributed by atoms with Crippen molar-refractivity contribution in [2.45, 2.75) is 39.7 Å². The average molecular weight is 305 g/mol. The van der Waals surface area contributed by atoms with E-state index in [4.69, 9.17) is 17.3 Å². The number of nitrogen functional groups attached to an aromatic ring is 1. The number of nitrogens with one attached hydrogen (secondary N) is 1. The molecule has 0 fully saturated rings. The molecule has 0 saturated carbocycles. The zero-order chi connectivity index (χ0) is 15.4. The molecule has 0 bridgehead atoms. The molecule has 0 amide bonds. The highest BCUT2D eigenvalue weighted by Gasteiger charge is 2.13. The summed E-state index contributed by atoms with van der Waals surface area (Å²) < 4.78 is 0. The van der Waals surface area contributed by atoms with Crippen molar-refractivity contribution in [3.63, 3.8) is 0 Å². The third-order valence-corrected chi connectivity index (χ3v) is 3.77. The van der Waals surface area contributed by atoms with E-state index in [2.05, 4.69) is 29.1 Å². The standard InChI is InChI=1S/C16H21ClN4/c1-4-7-14-20-15(18)10(2)16(21-14)19-11(3)12-8-5-6-9-13(12)17/h5-6,8-9,11H,4,7H2,1-3H3,(H3,18,19,20,21). The van der Waals surface area contributed by atoms with E-state index in [0.717, 1.165) is 40.6 Å². The number of aromatic nitrogens is 2. The highest BCUT2D eigenvalue weighted by molar-refractivity contribution is 6.31. The molecular weight excluding hydrogens is 284 g/mol. The fourth-order valence-electron chi connectivity index (χ4n) is 2.17. The lowest BCUT2D eigenvalue weighted by molar-refractivity contribution is 0.817. The number of benzene rings is 1. The van der Waals surface area contributed by atoms with E-state index in [1.165, 1.54) is 0 Å². The van der Waals surface area contributed by atoms with Gasteiger partial charge in [0.05, 0.1) is 6.04 Å². The minimum atomic E-state index is 0.0428. The zero-order valence-electron chi connectivity index (χ0n) is 12.7. The van der Waals surface area contributed by atoms with E-state index in [-0.39, 0.29) is 6.04 Å². The summed E-state index contributed by atoms with van der Waals surface area (Å²) >= 11 is 6.24. The first-order chi connectivity index (χ1) is 10.0. The molecule has 2 aromatic rings. The van der Waals surface area contributed by atoms with Crippen LogP contribution in [0.15, 0.2) is 24.3 Å². The minimum Gasteiger partial charge on any atom is -0.383 e. The van der Waals surface area contributed by atoms with Gasteiger partial charge in [-0.3, -0.25) is 0 Å². The second-order valence-electron chi connectivity index (χ2n) is 5.14. The molecule has 0 aliphatic carbocycles. The van der Waals surface area contributed by atoms with Crippen LogP contribution in [0.3, 0.4) is 0 Å². The summed E-state index contributed by atoms with van der Waals surface area (Å²) in [7, 11) is 0. The van der Waals surface area contributed by atoms with Crippen LogP contribution in [-0.2, 0) is 6.42 Å². The normalized spacial score (nSPS) is 12.2. The quantitative estimate of drug-likeness (QED) is 0.871. The molecule has 4 nitrogen and oxygen atoms in total. The number of nitrogens with two attached hydrogens (primary N) is 1. The molecule has 21 heavy (non-hydrogen) atoms. The first kappa shape index (κ1) is 15.6. The van der Waals surface area contributed by atoms with E-state index < -0.39 is 0 Å².